The molecule has 11 heteroatoms. The number of rotatable bonds is 6. The minimum Gasteiger partial charge on any atom is -0.490 e. The Morgan fingerprint density at radius 2 is 2.06 bits per heavy atom. The molecule has 4 rings (SSSR count). The summed E-state index contributed by atoms with van der Waals surface area (Å²) in [5.41, 5.74) is 5.81. The number of aliphatic hydroxyl groups excluding tert-OH is 1. The van der Waals surface area contributed by atoms with Gasteiger partial charge in [-0.2, -0.15) is 13.2 Å². The van der Waals surface area contributed by atoms with Crippen molar-refractivity contribution in [1.29, 1.82) is 0 Å². The summed E-state index contributed by atoms with van der Waals surface area (Å²) in [6.07, 6.45) is -4.33. The molecule has 8 nitrogen and oxygen atoms in total. The highest BCUT2D eigenvalue weighted by atomic mass is 19.4. The smallest absolute Gasteiger partial charge is 0.433 e. The van der Waals surface area contributed by atoms with E-state index in [1.807, 2.05) is 0 Å². The predicted molar refractivity (Wildman–Crippen MR) is 110 cm³/mol. The number of nitrogens with zero attached hydrogens (tertiary/aromatic N) is 1. The molecule has 4 N–H and O–H groups in total. The van der Waals surface area contributed by atoms with Crippen LogP contribution < -0.4 is 15.8 Å². The highest BCUT2D eigenvalue weighted by molar-refractivity contribution is 6.08. The van der Waals surface area contributed by atoms with Crippen molar-refractivity contribution in [2.24, 2.45) is 5.73 Å². The molecule has 2 atom stereocenters. The molecule has 0 spiro atoms. The number of aliphatic hydroxyl groups is 1. The number of alkyl halides is 3. The van der Waals surface area contributed by atoms with Crippen LogP contribution in [0.5, 0.6) is 5.75 Å². The van der Waals surface area contributed by atoms with E-state index in [1.54, 1.807) is 25.1 Å². The molecule has 0 aliphatic heterocycles. The van der Waals surface area contributed by atoms with Gasteiger partial charge in [0.25, 0.3) is 5.91 Å². The number of ether oxygens (including phenoxy) is 1. The van der Waals surface area contributed by atoms with Gasteiger partial charge in [0.1, 0.15) is 34.9 Å². The summed E-state index contributed by atoms with van der Waals surface area (Å²) in [5, 5.41) is 12.0. The van der Waals surface area contributed by atoms with Crippen molar-refractivity contribution < 1.29 is 37.0 Å². The average molecular weight is 463 g/mol. The van der Waals surface area contributed by atoms with Crippen LogP contribution in [0.3, 0.4) is 0 Å². The lowest BCUT2D eigenvalue weighted by atomic mass is 10.1. The van der Waals surface area contributed by atoms with E-state index in [2.05, 4.69) is 10.3 Å². The summed E-state index contributed by atoms with van der Waals surface area (Å²) < 4.78 is 50.3. The molecule has 0 saturated carbocycles. The number of nitrogens with two attached hydrogens (primary N) is 1. The molecule has 0 radical (unpaired) electrons. The van der Waals surface area contributed by atoms with Crippen molar-refractivity contribution >= 4 is 22.8 Å². The topological polar surface area (TPSA) is 128 Å². The maximum absolute atomic E-state index is 12.9. The van der Waals surface area contributed by atoms with E-state index < -0.39 is 42.4 Å². The van der Waals surface area contributed by atoms with E-state index in [0.717, 1.165) is 6.07 Å². The van der Waals surface area contributed by atoms with Crippen molar-refractivity contribution in [1.82, 2.24) is 10.3 Å². The van der Waals surface area contributed by atoms with E-state index in [1.165, 1.54) is 6.07 Å². The van der Waals surface area contributed by atoms with Crippen molar-refractivity contribution in [2.75, 3.05) is 6.61 Å². The maximum Gasteiger partial charge on any atom is 0.433 e. The molecule has 0 saturated heterocycles. The molecule has 2 amide bonds. The molecule has 1 aliphatic rings. The van der Waals surface area contributed by atoms with Crippen LogP contribution in [0, 0.1) is 6.92 Å². The molecule has 1 aliphatic carbocycles. The Bertz CT molecular complexity index is 1240. The van der Waals surface area contributed by atoms with Gasteiger partial charge in [0.15, 0.2) is 0 Å². The number of nitrogens with one attached hydrogen (secondary N) is 1. The number of aryl methyl sites for hydroxylation is 1. The molecule has 2 heterocycles. The fraction of sp³-hybridized carbons (Fsp3) is 0.318. The van der Waals surface area contributed by atoms with Crippen molar-refractivity contribution in [2.45, 2.75) is 38.1 Å². The second kappa shape index (κ2) is 8.39. The minimum absolute atomic E-state index is 0.154. The number of pyridine rings is 1. The standard InChI is InChI=1S/C22H20F3N3O5/c1-10-19(21(31)28-16(9-29)20(26)30)14-7-12(3-4-17(14)32-10)33-13-6-11-2-5-18(22(23,24)25)27-15(11)8-13/h2-5,7,13,16,29H,6,8-9H2,1H3,(H2,26,30)(H,28,31)/t13?,16-/m0/s1. The van der Waals surface area contributed by atoms with E-state index in [0.29, 0.717) is 34.4 Å². The van der Waals surface area contributed by atoms with E-state index in [-0.39, 0.29) is 17.7 Å². The van der Waals surface area contributed by atoms with Crippen LogP contribution in [0.15, 0.2) is 34.7 Å². The third kappa shape index (κ3) is 4.49. The number of hydrogen-bond donors (Lipinski definition) is 3. The third-order valence-corrected chi connectivity index (χ3v) is 5.42. The van der Waals surface area contributed by atoms with Gasteiger partial charge >= 0.3 is 6.18 Å². The van der Waals surface area contributed by atoms with Gasteiger partial charge in [-0.1, -0.05) is 6.07 Å². The van der Waals surface area contributed by atoms with Gasteiger partial charge in [-0.15, -0.1) is 0 Å². The largest absolute Gasteiger partial charge is 0.490 e. The Hall–Kier alpha value is -3.60. The lowest BCUT2D eigenvalue weighted by molar-refractivity contribution is -0.141. The SMILES string of the molecule is Cc1oc2ccc(OC3Cc4ccc(C(F)(F)F)nc4C3)cc2c1C(=O)N[C@@H](CO)C(N)=O. The first-order valence-corrected chi connectivity index (χ1v) is 10.0. The second-order valence-electron chi connectivity index (χ2n) is 7.75. The van der Waals surface area contributed by atoms with Crippen LogP contribution in [-0.2, 0) is 23.8 Å². The summed E-state index contributed by atoms with van der Waals surface area (Å²) in [7, 11) is 0. The van der Waals surface area contributed by atoms with Gasteiger partial charge in [-0.25, -0.2) is 4.98 Å². The van der Waals surface area contributed by atoms with Gasteiger partial charge in [0.05, 0.1) is 12.2 Å². The zero-order valence-corrected chi connectivity index (χ0v) is 17.4. The van der Waals surface area contributed by atoms with Gasteiger partial charge in [-0.3, -0.25) is 9.59 Å². The van der Waals surface area contributed by atoms with Gasteiger partial charge in [-0.05, 0) is 36.8 Å². The Balaban J connectivity index is 1.55. The summed E-state index contributed by atoms with van der Waals surface area (Å²) in [6.45, 7) is 0.918. The first-order chi connectivity index (χ1) is 15.6. The number of carbonyl (C=O) groups excluding carboxylic acids is 2. The van der Waals surface area contributed by atoms with Crippen molar-refractivity contribution in [3.05, 3.63) is 58.6 Å². The summed E-state index contributed by atoms with van der Waals surface area (Å²) in [4.78, 5) is 27.8. The van der Waals surface area contributed by atoms with Crippen molar-refractivity contribution in [3.63, 3.8) is 0 Å². The third-order valence-electron chi connectivity index (χ3n) is 5.42. The molecule has 0 fully saturated rings. The zero-order valence-electron chi connectivity index (χ0n) is 17.4. The number of aromatic nitrogens is 1. The first-order valence-electron chi connectivity index (χ1n) is 10.0. The number of fused-ring (bicyclic) bond motifs is 2. The lowest BCUT2D eigenvalue weighted by Crippen LogP contribution is -2.46. The highest BCUT2D eigenvalue weighted by Gasteiger charge is 2.35. The van der Waals surface area contributed by atoms with E-state index >= 15 is 0 Å². The summed E-state index contributed by atoms with van der Waals surface area (Å²) in [5.74, 6) is -0.861. The number of primary amides is 1. The van der Waals surface area contributed by atoms with Gasteiger partial charge < -0.3 is 25.3 Å². The van der Waals surface area contributed by atoms with E-state index in [4.69, 9.17) is 14.9 Å². The molecule has 1 aromatic carbocycles. The first kappa shape index (κ1) is 22.6. The Morgan fingerprint density at radius 1 is 1.30 bits per heavy atom. The zero-order chi connectivity index (χ0) is 23.9. The summed E-state index contributed by atoms with van der Waals surface area (Å²) in [6, 6.07) is 5.93. The molecule has 3 aromatic rings. The predicted octanol–water partition coefficient (Wildman–Crippen LogP) is 2.28. The average Bonchev–Trinajstić information content (AvgIpc) is 3.29. The number of hydrogen-bond acceptors (Lipinski definition) is 6. The van der Waals surface area contributed by atoms with Crippen LogP contribution in [0.25, 0.3) is 11.0 Å². The van der Waals surface area contributed by atoms with Crippen LogP contribution in [-0.4, -0.2) is 40.7 Å². The number of amides is 2. The molecular formula is C22H20F3N3O5. The molecule has 1 unspecified atom stereocenters. The highest BCUT2D eigenvalue weighted by Crippen LogP contribution is 2.33. The quantitative estimate of drug-likeness (QED) is 0.515. The number of benzene rings is 1. The minimum atomic E-state index is -4.52. The molecule has 174 valence electrons. The molecule has 0 bridgehead atoms. The van der Waals surface area contributed by atoms with E-state index in [9.17, 15) is 27.9 Å². The second-order valence-corrected chi connectivity index (χ2v) is 7.75. The normalized spacial score (nSPS) is 16.5. The number of halogens is 3. The Morgan fingerprint density at radius 3 is 2.73 bits per heavy atom. The molecule has 2 aromatic heterocycles. The molecular weight excluding hydrogens is 443 g/mol. The number of furan rings is 1. The fourth-order valence-corrected chi connectivity index (χ4v) is 3.85. The monoisotopic (exact) mass is 463 g/mol. The van der Waals surface area contributed by atoms with Crippen LogP contribution >= 0.6 is 0 Å². The Kier molecular flexibility index (Phi) is 5.75. The van der Waals surface area contributed by atoms with Crippen molar-refractivity contribution in [3.8, 4) is 5.75 Å². The maximum atomic E-state index is 12.9. The lowest BCUT2D eigenvalue weighted by Gasteiger charge is -2.14. The Labute approximate surface area is 185 Å². The van der Waals surface area contributed by atoms with Crippen LogP contribution in [0.4, 0.5) is 13.2 Å². The van der Waals surface area contributed by atoms with Gasteiger partial charge in [0, 0.05) is 23.9 Å². The molecule has 33 heavy (non-hydrogen) atoms. The number of carbonyl (C=O) groups is 2. The van der Waals surface area contributed by atoms with Crippen LogP contribution in [0.2, 0.25) is 0 Å². The van der Waals surface area contributed by atoms with Crippen LogP contribution in [0.1, 0.15) is 33.1 Å². The fourth-order valence-electron chi connectivity index (χ4n) is 3.85. The summed E-state index contributed by atoms with van der Waals surface area (Å²) >= 11 is 0. The van der Waals surface area contributed by atoms with Gasteiger partial charge in [0.2, 0.25) is 5.91 Å².